The third-order valence-corrected chi connectivity index (χ3v) is 6.33. The Morgan fingerprint density at radius 1 is 0.700 bits per heavy atom. The minimum absolute atomic E-state index is 0.158. The molecule has 0 aromatic carbocycles. The van der Waals surface area contributed by atoms with E-state index in [4.69, 9.17) is 4.74 Å². The predicted octanol–water partition coefficient (Wildman–Crippen LogP) is 4.96. The summed E-state index contributed by atoms with van der Waals surface area (Å²) in [5, 5.41) is 27.8. The van der Waals surface area contributed by atoms with Gasteiger partial charge < -0.3 is 20.1 Å². The summed E-state index contributed by atoms with van der Waals surface area (Å²) in [6.45, 7) is 9.96. The average Bonchev–Trinajstić information content (AvgIpc) is 2.69. The Labute approximate surface area is 185 Å². The van der Waals surface area contributed by atoms with Crippen molar-refractivity contribution in [1.82, 2.24) is 0 Å². The number of aliphatic hydroxyl groups is 3. The molecule has 0 rings (SSSR count). The number of carbonyl (C=O) groups excluding carboxylic acids is 1. The first kappa shape index (κ1) is 29.4. The molecule has 0 spiro atoms. The van der Waals surface area contributed by atoms with Crippen LogP contribution in [0.25, 0.3) is 0 Å². The summed E-state index contributed by atoms with van der Waals surface area (Å²) < 4.78 is 5.18. The summed E-state index contributed by atoms with van der Waals surface area (Å²) in [5.41, 5.74) is -1.15. The molecule has 3 unspecified atom stereocenters. The lowest BCUT2D eigenvalue weighted by Crippen LogP contribution is -2.39. The fourth-order valence-electron chi connectivity index (χ4n) is 3.76. The van der Waals surface area contributed by atoms with Crippen LogP contribution in [-0.2, 0) is 9.53 Å². The zero-order valence-electron chi connectivity index (χ0n) is 20.4. The molecular formula is C25H50O5. The van der Waals surface area contributed by atoms with Crippen LogP contribution in [-0.4, -0.2) is 47.7 Å². The van der Waals surface area contributed by atoms with Gasteiger partial charge >= 0.3 is 5.97 Å². The molecule has 3 atom stereocenters. The molecular weight excluding hydrogens is 380 g/mol. The summed E-state index contributed by atoms with van der Waals surface area (Å²) in [5.74, 6) is 2.30. The fraction of sp³-hybridized carbons (Fsp3) is 0.960. The molecule has 30 heavy (non-hydrogen) atoms. The summed E-state index contributed by atoms with van der Waals surface area (Å²) >= 11 is 0. The van der Waals surface area contributed by atoms with Crippen molar-refractivity contribution in [3.05, 3.63) is 0 Å². The van der Waals surface area contributed by atoms with Crippen LogP contribution in [0.1, 0.15) is 98.8 Å². The Balaban J connectivity index is 3.86. The van der Waals surface area contributed by atoms with Crippen LogP contribution in [0.3, 0.4) is 0 Å². The van der Waals surface area contributed by atoms with Gasteiger partial charge in [-0.1, -0.05) is 92.4 Å². The van der Waals surface area contributed by atoms with Crippen molar-refractivity contribution in [2.45, 2.75) is 98.8 Å². The number of aliphatic hydroxyl groups excluding tert-OH is 3. The summed E-state index contributed by atoms with van der Waals surface area (Å²) in [7, 11) is 0. The van der Waals surface area contributed by atoms with Crippen molar-refractivity contribution in [1.29, 1.82) is 0 Å². The van der Waals surface area contributed by atoms with Crippen molar-refractivity contribution in [3.8, 4) is 0 Å². The van der Waals surface area contributed by atoms with E-state index in [0.717, 1.165) is 30.6 Å². The number of hydrogen-bond donors (Lipinski definition) is 3. The van der Waals surface area contributed by atoms with E-state index < -0.39 is 25.2 Å². The Bertz CT molecular complexity index is 411. The number of rotatable bonds is 19. The number of esters is 1. The molecule has 3 N–H and O–H groups in total. The van der Waals surface area contributed by atoms with Gasteiger partial charge in [0.1, 0.15) is 6.61 Å². The van der Waals surface area contributed by atoms with Gasteiger partial charge in [0.2, 0.25) is 0 Å². The highest BCUT2D eigenvalue weighted by atomic mass is 16.5. The quantitative estimate of drug-likeness (QED) is 0.252. The Morgan fingerprint density at radius 3 is 1.50 bits per heavy atom. The molecule has 5 heteroatoms. The molecule has 0 aromatic rings. The molecule has 0 heterocycles. The van der Waals surface area contributed by atoms with Crippen molar-refractivity contribution in [2.24, 2.45) is 29.1 Å². The second-order valence-electron chi connectivity index (χ2n) is 10.3. The van der Waals surface area contributed by atoms with Gasteiger partial charge in [0.15, 0.2) is 0 Å². The van der Waals surface area contributed by atoms with Crippen LogP contribution < -0.4 is 0 Å². The molecule has 0 amide bonds. The topological polar surface area (TPSA) is 87.0 Å². The zero-order valence-corrected chi connectivity index (χ0v) is 20.4. The summed E-state index contributed by atoms with van der Waals surface area (Å²) in [6, 6.07) is 0. The molecule has 0 radical (unpaired) electrons. The lowest BCUT2D eigenvalue weighted by Gasteiger charge is -2.26. The lowest BCUT2D eigenvalue weighted by molar-refractivity contribution is -0.152. The molecule has 5 nitrogen and oxygen atoms in total. The third-order valence-electron chi connectivity index (χ3n) is 6.33. The molecule has 180 valence electrons. The molecule has 0 fully saturated rings. The monoisotopic (exact) mass is 430 g/mol. The molecule has 0 bridgehead atoms. The van der Waals surface area contributed by atoms with Crippen molar-refractivity contribution in [3.63, 3.8) is 0 Å². The van der Waals surface area contributed by atoms with Crippen LogP contribution >= 0.6 is 0 Å². The lowest BCUT2D eigenvalue weighted by atomic mass is 9.90. The first-order valence-corrected chi connectivity index (χ1v) is 12.2. The maximum absolute atomic E-state index is 12.0. The predicted molar refractivity (Wildman–Crippen MR) is 123 cm³/mol. The first-order valence-electron chi connectivity index (χ1n) is 12.2. The van der Waals surface area contributed by atoms with Gasteiger partial charge in [-0.05, 0) is 23.7 Å². The largest absolute Gasteiger partial charge is 0.465 e. The number of ether oxygens (including phenoxy) is 1. The van der Waals surface area contributed by atoms with Crippen LogP contribution in [0, 0.1) is 29.1 Å². The molecule has 0 aliphatic carbocycles. The van der Waals surface area contributed by atoms with Gasteiger partial charge in [-0.25, -0.2) is 0 Å². The highest BCUT2D eigenvalue weighted by molar-refractivity contribution is 5.69. The van der Waals surface area contributed by atoms with Crippen molar-refractivity contribution >= 4 is 5.97 Å². The zero-order chi connectivity index (χ0) is 23.0. The van der Waals surface area contributed by atoms with E-state index in [1.54, 1.807) is 0 Å². The Hall–Kier alpha value is -0.650. The van der Waals surface area contributed by atoms with Gasteiger partial charge in [0.05, 0.1) is 25.2 Å². The first-order chi connectivity index (χ1) is 14.2. The third kappa shape index (κ3) is 14.4. The molecule has 0 aromatic heterocycles. The fourth-order valence-corrected chi connectivity index (χ4v) is 3.76. The van der Waals surface area contributed by atoms with Crippen LogP contribution in [0.2, 0.25) is 0 Å². The standard InChI is InChI=1S/C25H50O5/c1-20(2)9-6-10-21(3)11-7-12-22(4)13-8-14-23(5)15-24(29)30-19-25(16-26,17-27)18-28/h20-23,26-28H,6-19H2,1-5H3. The van der Waals surface area contributed by atoms with Crippen LogP contribution in [0.15, 0.2) is 0 Å². The van der Waals surface area contributed by atoms with E-state index in [2.05, 4.69) is 34.6 Å². The van der Waals surface area contributed by atoms with E-state index >= 15 is 0 Å². The smallest absolute Gasteiger partial charge is 0.306 e. The summed E-state index contributed by atoms with van der Waals surface area (Å²) in [6.07, 6.45) is 11.6. The number of carbonyl (C=O) groups is 1. The molecule has 0 aliphatic rings. The van der Waals surface area contributed by atoms with E-state index in [-0.39, 0.29) is 18.5 Å². The second-order valence-corrected chi connectivity index (χ2v) is 10.3. The normalized spacial score (nSPS) is 15.2. The van der Waals surface area contributed by atoms with Gasteiger partial charge in [-0.3, -0.25) is 4.79 Å². The van der Waals surface area contributed by atoms with E-state index in [1.165, 1.54) is 44.9 Å². The van der Waals surface area contributed by atoms with E-state index in [0.29, 0.717) is 6.42 Å². The average molecular weight is 431 g/mol. The molecule has 0 aliphatic heterocycles. The minimum Gasteiger partial charge on any atom is -0.465 e. The summed E-state index contributed by atoms with van der Waals surface area (Å²) in [4.78, 5) is 12.0. The minimum atomic E-state index is -1.15. The van der Waals surface area contributed by atoms with E-state index in [9.17, 15) is 20.1 Å². The second kappa shape index (κ2) is 17.0. The van der Waals surface area contributed by atoms with Crippen molar-refractivity contribution in [2.75, 3.05) is 26.4 Å². The Kier molecular flexibility index (Phi) is 16.6. The Morgan fingerprint density at radius 2 is 1.10 bits per heavy atom. The van der Waals surface area contributed by atoms with Gasteiger partial charge in [0.25, 0.3) is 0 Å². The van der Waals surface area contributed by atoms with Crippen molar-refractivity contribution < 1.29 is 24.9 Å². The van der Waals surface area contributed by atoms with E-state index in [1.807, 2.05) is 0 Å². The molecule has 0 saturated carbocycles. The van der Waals surface area contributed by atoms with Gasteiger partial charge in [0, 0.05) is 6.42 Å². The molecule has 0 saturated heterocycles. The maximum atomic E-state index is 12.0. The SMILES string of the molecule is CC(C)CCCC(C)CCCC(C)CCCC(C)CC(=O)OCC(CO)(CO)CO. The highest BCUT2D eigenvalue weighted by Crippen LogP contribution is 2.23. The maximum Gasteiger partial charge on any atom is 0.306 e. The number of hydrogen-bond acceptors (Lipinski definition) is 5. The van der Waals surface area contributed by atoms with Gasteiger partial charge in [-0.15, -0.1) is 0 Å². The van der Waals surface area contributed by atoms with Crippen LogP contribution in [0.5, 0.6) is 0 Å². The highest BCUT2D eigenvalue weighted by Gasteiger charge is 2.30. The van der Waals surface area contributed by atoms with Gasteiger partial charge in [-0.2, -0.15) is 0 Å². The van der Waals surface area contributed by atoms with Crippen LogP contribution in [0.4, 0.5) is 0 Å².